The molecule has 1 aromatic carbocycles. The Morgan fingerprint density at radius 1 is 1.32 bits per heavy atom. The second kappa shape index (κ2) is 7.75. The van der Waals surface area contributed by atoms with E-state index in [2.05, 4.69) is 4.74 Å². The maximum absolute atomic E-state index is 14.6. The molecule has 0 aromatic heterocycles. The Balaban J connectivity index is 2.67. The van der Waals surface area contributed by atoms with Crippen molar-refractivity contribution < 1.29 is 41.0 Å². The van der Waals surface area contributed by atoms with Crippen LogP contribution in [0.25, 0.3) is 0 Å². The third kappa shape index (κ3) is 4.00. The van der Waals surface area contributed by atoms with Crippen molar-refractivity contribution in [3.05, 3.63) is 52.1 Å². The molecule has 0 spiro atoms. The summed E-state index contributed by atoms with van der Waals surface area (Å²) in [5, 5.41) is 9.34. The quantitative estimate of drug-likeness (QED) is 0.610. The van der Waals surface area contributed by atoms with E-state index in [1.54, 1.807) is 6.07 Å². The molecular weight excluding hydrogens is 391 g/mol. The highest BCUT2D eigenvalue weighted by molar-refractivity contribution is 5.92. The number of rotatable bonds is 4. The third-order valence-electron chi connectivity index (χ3n) is 3.71. The largest absolute Gasteiger partial charge is 0.573 e. The fourth-order valence-corrected chi connectivity index (χ4v) is 2.64. The predicted molar refractivity (Wildman–Crippen MR) is 83.0 cm³/mol. The molecular formula is C17H13F5N2O4. The first kappa shape index (κ1) is 21.0. The van der Waals surface area contributed by atoms with Crippen LogP contribution in [0.15, 0.2) is 34.9 Å². The molecule has 11 heteroatoms. The molecule has 0 radical (unpaired) electrons. The van der Waals surface area contributed by atoms with Crippen LogP contribution in [0.4, 0.5) is 22.0 Å². The normalized spacial score (nSPS) is 17.1. The molecule has 1 unspecified atom stereocenters. The van der Waals surface area contributed by atoms with Gasteiger partial charge in [0.1, 0.15) is 17.4 Å². The molecule has 1 aliphatic rings. The zero-order valence-electron chi connectivity index (χ0n) is 14.5. The highest BCUT2D eigenvalue weighted by Gasteiger charge is 2.39. The molecule has 1 aliphatic heterocycles. The minimum absolute atomic E-state index is 0.0708. The van der Waals surface area contributed by atoms with E-state index in [1.807, 2.05) is 0 Å². The number of nitriles is 1. The SMILES string of the molecule is CCOC(=O)C1=C(C)OC(N)=C(C#N)C1c1ccc(OC(F)(F)F)c(F)c1F. The first-order valence-electron chi connectivity index (χ1n) is 7.70. The molecule has 150 valence electrons. The van der Waals surface area contributed by atoms with E-state index in [9.17, 15) is 32.0 Å². The van der Waals surface area contributed by atoms with E-state index in [-0.39, 0.29) is 17.9 Å². The Morgan fingerprint density at radius 2 is 1.96 bits per heavy atom. The molecule has 28 heavy (non-hydrogen) atoms. The van der Waals surface area contributed by atoms with Crippen LogP contribution in [0, 0.1) is 23.0 Å². The zero-order valence-corrected chi connectivity index (χ0v) is 14.5. The average molecular weight is 404 g/mol. The van der Waals surface area contributed by atoms with Crippen LogP contribution in [-0.2, 0) is 14.3 Å². The Bertz CT molecular complexity index is 915. The van der Waals surface area contributed by atoms with E-state index in [0.717, 1.165) is 6.07 Å². The van der Waals surface area contributed by atoms with Gasteiger partial charge in [-0.1, -0.05) is 6.07 Å². The molecule has 6 nitrogen and oxygen atoms in total. The molecule has 0 saturated heterocycles. The lowest BCUT2D eigenvalue weighted by molar-refractivity contribution is -0.275. The van der Waals surface area contributed by atoms with Crippen LogP contribution in [0.5, 0.6) is 5.75 Å². The van der Waals surface area contributed by atoms with Crippen LogP contribution >= 0.6 is 0 Å². The predicted octanol–water partition coefficient (Wildman–Crippen LogP) is 3.51. The van der Waals surface area contributed by atoms with Gasteiger partial charge in [-0.25, -0.2) is 9.18 Å². The van der Waals surface area contributed by atoms with Crippen molar-refractivity contribution in [2.45, 2.75) is 26.1 Å². The zero-order chi connectivity index (χ0) is 21.2. The number of halogens is 5. The maximum Gasteiger partial charge on any atom is 0.573 e. The van der Waals surface area contributed by atoms with Gasteiger partial charge in [-0.15, -0.1) is 13.2 Å². The fraction of sp³-hybridized carbons (Fsp3) is 0.294. The number of carbonyl (C=O) groups excluding carboxylic acids is 1. The number of allylic oxidation sites excluding steroid dienone is 2. The van der Waals surface area contributed by atoms with Crippen LogP contribution in [-0.4, -0.2) is 18.9 Å². The number of esters is 1. The minimum Gasteiger partial charge on any atom is -0.463 e. The topological polar surface area (TPSA) is 94.6 Å². The van der Waals surface area contributed by atoms with E-state index >= 15 is 0 Å². The molecule has 1 atom stereocenters. The molecule has 2 rings (SSSR count). The minimum atomic E-state index is -5.25. The van der Waals surface area contributed by atoms with Crippen molar-refractivity contribution in [2.24, 2.45) is 5.73 Å². The Labute approximate surface area is 155 Å². The summed E-state index contributed by atoms with van der Waals surface area (Å²) in [4.78, 5) is 12.3. The lowest BCUT2D eigenvalue weighted by Crippen LogP contribution is -2.26. The number of alkyl halides is 3. The molecule has 0 amide bonds. The monoisotopic (exact) mass is 404 g/mol. The van der Waals surface area contributed by atoms with Crippen molar-refractivity contribution in [3.63, 3.8) is 0 Å². The molecule has 0 aliphatic carbocycles. The van der Waals surface area contributed by atoms with Gasteiger partial charge in [0.25, 0.3) is 0 Å². The van der Waals surface area contributed by atoms with Gasteiger partial charge >= 0.3 is 12.3 Å². The second-order valence-electron chi connectivity index (χ2n) is 5.44. The molecule has 1 aromatic rings. The highest BCUT2D eigenvalue weighted by atomic mass is 19.4. The number of ether oxygens (including phenoxy) is 3. The Morgan fingerprint density at radius 3 is 2.50 bits per heavy atom. The van der Waals surface area contributed by atoms with Gasteiger partial charge in [0, 0.05) is 5.56 Å². The summed E-state index contributed by atoms with van der Waals surface area (Å²) >= 11 is 0. The smallest absolute Gasteiger partial charge is 0.463 e. The number of hydrogen-bond donors (Lipinski definition) is 1. The van der Waals surface area contributed by atoms with Gasteiger partial charge in [0.05, 0.1) is 18.1 Å². The molecule has 2 N–H and O–H groups in total. The number of nitrogens with two attached hydrogens (primary N) is 1. The Hall–Kier alpha value is -3.29. The van der Waals surface area contributed by atoms with Crippen molar-refractivity contribution in [1.29, 1.82) is 5.26 Å². The standard InChI is InChI=1S/C17H13F5N2O4/c1-3-26-16(25)11-7(2)27-15(24)9(6-23)12(11)8-4-5-10(14(19)13(8)18)28-17(20,21)22/h4-5,12H,3,24H2,1-2H3. The molecule has 0 fully saturated rings. The molecule has 0 saturated carbocycles. The number of hydrogen-bond acceptors (Lipinski definition) is 6. The molecule has 0 bridgehead atoms. The summed E-state index contributed by atoms with van der Waals surface area (Å²) in [6.07, 6.45) is -5.25. The van der Waals surface area contributed by atoms with Gasteiger partial charge in [-0.05, 0) is 19.9 Å². The van der Waals surface area contributed by atoms with Crippen LogP contribution in [0.2, 0.25) is 0 Å². The lowest BCUT2D eigenvalue weighted by Gasteiger charge is -2.27. The van der Waals surface area contributed by atoms with Gasteiger partial charge in [0.15, 0.2) is 11.6 Å². The van der Waals surface area contributed by atoms with E-state index in [4.69, 9.17) is 15.2 Å². The number of benzene rings is 1. The van der Waals surface area contributed by atoms with Gasteiger partial charge < -0.3 is 19.9 Å². The summed E-state index contributed by atoms with van der Waals surface area (Å²) in [6, 6.07) is 2.92. The van der Waals surface area contributed by atoms with Crippen LogP contribution in [0.1, 0.15) is 25.3 Å². The summed E-state index contributed by atoms with van der Waals surface area (Å²) in [5.41, 5.74) is 4.22. The first-order valence-corrected chi connectivity index (χ1v) is 7.70. The van der Waals surface area contributed by atoms with Crippen molar-refractivity contribution in [3.8, 4) is 11.8 Å². The second-order valence-corrected chi connectivity index (χ2v) is 5.44. The maximum atomic E-state index is 14.6. The van der Waals surface area contributed by atoms with Crippen molar-refractivity contribution in [2.75, 3.05) is 6.61 Å². The lowest BCUT2D eigenvalue weighted by atomic mass is 9.82. The van der Waals surface area contributed by atoms with E-state index in [0.29, 0.717) is 6.07 Å². The van der Waals surface area contributed by atoms with Gasteiger partial charge in [-0.3, -0.25) is 0 Å². The highest BCUT2D eigenvalue weighted by Crippen LogP contribution is 2.42. The van der Waals surface area contributed by atoms with E-state index in [1.165, 1.54) is 13.8 Å². The first-order chi connectivity index (χ1) is 13.0. The summed E-state index contributed by atoms with van der Waals surface area (Å²) in [7, 11) is 0. The summed E-state index contributed by atoms with van der Waals surface area (Å²) < 4.78 is 79.1. The third-order valence-corrected chi connectivity index (χ3v) is 3.71. The summed E-state index contributed by atoms with van der Waals surface area (Å²) in [5.74, 6) is -8.23. The molecule has 1 heterocycles. The van der Waals surface area contributed by atoms with Crippen molar-refractivity contribution in [1.82, 2.24) is 0 Å². The van der Waals surface area contributed by atoms with Gasteiger partial charge in [0.2, 0.25) is 11.7 Å². The van der Waals surface area contributed by atoms with Crippen molar-refractivity contribution >= 4 is 5.97 Å². The number of carbonyl (C=O) groups is 1. The fourth-order valence-electron chi connectivity index (χ4n) is 2.64. The Kier molecular flexibility index (Phi) is 5.82. The average Bonchev–Trinajstić information content (AvgIpc) is 2.58. The number of nitrogens with zero attached hydrogens (tertiary/aromatic N) is 1. The van der Waals surface area contributed by atoms with E-state index < -0.39 is 52.7 Å². The van der Waals surface area contributed by atoms with Crippen LogP contribution < -0.4 is 10.5 Å². The van der Waals surface area contributed by atoms with Gasteiger partial charge in [-0.2, -0.15) is 9.65 Å². The van der Waals surface area contributed by atoms with Crippen LogP contribution in [0.3, 0.4) is 0 Å². The summed E-state index contributed by atoms with van der Waals surface area (Å²) in [6.45, 7) is 2.71.